The second kappa shape index (κ2) is 5.44. The number of nitrogens with zero attached hydrogens (tertiary/aromatic N) is 3. The van der Waals surface area contributed by atoms with Gasteiger partial charge in [0.2, 0.25) is 5.91 Å². The molecule has 5 heteroatoms. The normalized spacial score (nSPS) is 12.0. The summed E-state index contributed by atoms with van der Waals surface area (Å²) in [5.41, 5.74) is 0. The zero-order chi connectivity index (χ0) is 12.1. The predicted molar refractivity (Wildman–Crippen MR) is 63.2 cm³/mol. The summed E-state index contributed by atoms with van der Waals surface area (Å²) in [5.74, 6) is 1.42. The topological polar surface area (TPSA) is 58.1 Å². The molecular formula is C11H18N4O. The molecular weight excluding hydrogens is 204 g/mol. The van der Waals surface area contributed by atoms with Crippen LogP contribution in [0.5, 0.6) is 0 Å². The van der Waals surface area contributed by atoms with Crippen LogP contribution in [0.25, 0.3) is 0 Å². The van der Waals surface area contributed by atoms with Crippen molar-refractivity contribution in [3.05, 3.63) is 18.1 Å². The SMILES string of the molecule is CCN(C)C(=O)C(C)Nc1ccnc(C)n1. The Morgan fingerprint density at radius 2 is 2.31 bits per heavy atom. The molecule has 1 atom stereocenters. The smallest absolute Gasteiger partial charge is 0.244 e. The molecule has 0 saturated heterocycles. The lowest BCUT2D eigenvalue weighted by Crippen LogP contribution is -2.39. The minimum absolute atomic E-state index is 0.0544. The number of amides is 1. The second-order valence-electron chi connectivity index (χ2n) is 3.71. The molecule has 0 aliphatic heterocycles. The monoisotopic (exact) mass is 222 g/mol. The summed E-state index contributed by atoms with van der Waals surface area (Å²) in [6.07, 6.45) is 1.67. The lowest BCUT2D eigenvalue weighted by Gasteiger charge is -2.20. The summed E-state index contributed by atoms with van der Waals surface area (Å²) < 4.78 is 0. The van der Waals surface area contributed by atoms with Crippen LogP contribution in [0, 0.1) is 6.92 Å². The van der Waals surface area contributed by atoms with E-state index in [2.05, 4.69) is 15.3 Å². The van der Waals surface area contributed by atoms with E-state index in [4.69, 9.17) is 0 Å². The molecule has 1 aromatic rings. The van der Waals surface area contributed by atoms with E-state index in [-0.39, 0.29) is 11.9 Å². The third-order valence-corrected chi connectivity index (χ3v) is 2.36. The third kappa shape index (κ3) is 3.18. The van der Waals surface area contributed by atoms with Crippen molar-refractivity contribution in [3.63, 3.8) is 0 Å². The molecule has 1 aromatic heterocycles. The molecule has 88 valence electrons. The van der Waals surface area contributed by atoms with E-state index >= 15 is 0 Å². The summed E-state index contributed by atoms with van der Waals surface area (Å²) >= 11 is 0. The number of nitrogens with one attached hydrogen (secondary N) is 1. The van der Waals surface area contributed by atoms with E-state index in [0.717, 1.165) is 0 Å². The lowest BCUT2D eigenvalue weighted by molar-refractivity contribution is -0.130. The van der Waals surface area contributed by atoms with E-state index in [1.807, 2.05) is 20.8 Å². The number of hydrogen-bond donors (Lipinski definition) is 1. The zero-order valence-electron chi connectivity index (χ0n) is 10.2. The average Bonchev–Trinajstić information content (AvgIpc) is 2.27. The maximum atomic E-state index is 11.8. The molecule has 0 saturated carbocycles. The van der Waals surface area contributed by atoms with Crippen molar-refractivity contribution in [1.29, 1.82) is 0 Å². The van der Waals surface area contributed by atoms with Gasteiger partial charge in [0.25, 0.3) is 0 Å². The van der Waals surface area contributed by atoms with Gasteiger partial charge >= 0.3 is 0 Å². The number of rotatable bonds is 4. The Hall–Kier alpha value is -1.65. The fourth-order valence-corrected chi connectivity index (χ4v) is 1.31. The summed E-state index contributed by atoms with van der Waals surface area (Å²) in [6.45, 7) is 6.29. The number of aryl methyl sites for hydroxylation is 1. The molecule has 16 heavy (non-hydrogen) atoms. The Labute approximate surface area is 95.9 Å². The molecule has 1 unspecified atom stereocenters. The van der Waals surface area contributed by atoms with Crippen LogP contribution in [0.4, 0.5) is 5.82 Å². The van der Waals surface area contributed by atoms with Gasteiger partial charge in [-0.1, -0.05) is 0 Å². The summed E-state index contributed by atoms with van der Waals surface area (Å²) in [6, 6.07) is 1.47. The minimum atomic E-state index is -0.278. The Bertz CT molecular complexity index is 367. The largest absolute Gasteiger partial charge is 0.359 e. The first-order valence-electron chi connectivity index (χ1n) is 5.35. The quantitative estimate of drug-likeness (QED) is 0.827. The molecule has 1 heterocycles. The molecule has 1 amide bonds. The number of carbonyl (C=O) groups excluding carboxylic acids is 1. The van der Waals surface area contributed by atoms with Gasteiger partial charge < -0.3 is 10.2 Å². The first kappa shape index (κ1) is 12.4. The average molecular weight is 222 g/mol. The van der Waals surface area contributed by atoms with E-state index in [0.29, 0.717) is 18.2 Å². The Balaban J connectivity index is 2.64. The van der Waals surface area contributed by atoms with Crippen molar-refractivity contribution in [3.8, 4) is 0 Å². The molecule has 0 radical (unpaired) electrons. The van der Waals surface area contributed by atoms with Gasteiger partial charge in [-0.3, -0.25) is 4.79 Å². The van der Waals surface area contributed by atoms with Crippen LogP contribution in [0.15, 0.2) is 12.3 Å². The predicted octanol–water partition coefficient (Wildman–Crippen LogP) is 1.06. The Morgan fingerprint density at radius 3 is 2.88 bits per heavy atom. The van der Waals surface area contributed by atoms with Gasteiger partial charge in [0.15, 0.2) is 0 Å². The highest BCUT2D eigenvalue weighted by Gasteiger charge is 2.16. The van der Waals surface area contributed by atoms with Gasteiger partial charge in [0.05, 0.1) is 0 Å². The fraction of sp³-hybridized carbons (Fsp3) is 0.545. The number of carbonyl (C=O) groups is 1. The van der Waals surface area contributed by atoms with Crippen LogP contribution in [0.3, 0.4) is 0 Å². The van der Waals surface area contributed by atoms with Gasteiger partial charge in [-0.25, -0.2) is 9.97 Å². The van der Waals surface area contributed by atoms with Crippen LogP contribution in [0.2, 0.25) is 0 Å². The highest BCUT2D eigenvalue weighted by Crippen LogP contribution is 2.05. The number of hydrogen-bond acceptors (Lipinski definition) is 4. The van der Waals surface area contributed by atoms with Crippen molar-refractivity contribution < 1.29 is 4.79 Å². The number of aromatic nitrogens is 2. The van der Waals surface area contributed by atoms with Crippen molar-refractivity contribution >= 4 is 11.7 Å². The maximum Gasteiger partial charge on any atom is 0.244 e. The van der Waals surface area contributed by atoms with Gasteiger partial charge in [-0.2, -0.15) is 0 Å². The highest BCUT2D eigenvalue weighted by atomic mass is 16.2. The van der Waals surface area contributed by atoms with Crippen LogP contribution in [0.1, 0.15) is 19.7 Å². The van der Waals surface area contributed by atoms with Crippen molar-refractivity contribution in [2.75, 3.05) is 18.9 Å². The molecule has 0 aromatic carbocycles. The van der Waals surface area contributed by atoms with E-state index in [1.54, 1.807) is 24.2 Å². The molecule has 0 aliphatic carbocycles. The van der Waals surface area contributed by atoms with Gasteiger partial charge in [0.1, 0.15) is 17.7 Å². The lowest BCUT2D eigenvalue weighted by atomic mass is 10.3. The first-order chi connectivity index (χ1) is 7.54. The van der Waals surface area contributed by atoms with Crippen molar-refractivity contribution in [2.24, 2.45) is 0 Å². The number of likely N-dealkylation sites (N-methyl/N-ethyl adjacent to an activating group) is 1. The number of anilines is 1. The maximum absolute atomic E-state index is 11.8. The van der Waals surface area contributed by atoms with E-state index in [1.165, 1.54) is 0 Å². The fourth-order valence-electron chi connectivity index (χ4n) is 1.31. The van der Waals surface area contributed by atoms with Gasteiger partial charge in [-0.05, 0) is 26.8 Å². The van der Waals surface area contributed by atoms with Crippen LogP contribution < -0.4 is 5.32 Å². The van der Waals surface area contributed by atoms with Crippen LogP contribution in [-0.4, -0.2) is 40.4 Å². The Morgan fingerprint density at radius 1 is 1.62 bits per heavy atom. The van der Waals surface area contributed by atoms with Crippen LogP contribution in [-0.2, 0) is 4.79 Å². The second-order valence-corrected chi connectivity index (χ2v) is 3.71. The summed E-state index contributed by atoms with van der Waals surface area (Å²) in [4.78, 5) is 21.6. The summed E-state index contributed by atoms with van der Waals surface area (Å²) in [7, 11) is 1.78. The highest BCUT2D eigenvalue weighted by molar-refractivity contribution is 5.83. The summed E-state index contributed by atoms with van der Waals surface area (Å²) in [5, 5.41) is 3.06. The molecule has 5 nitrogen and oxygen atoms in total. The molecule has 1 N–H and O–H groups in total. The standard InChI is InChI=1S/C11H18N4O/c1-5-15(4)11(16)8(2)13-10-6-7-12-9(3)14-10/h6-8H,5H2,1-4H3,(H,12,13,14). The van der Waals surface area contributed by atoms with Gasteiger partial charge in [-0.15, -0.1) is 0 Å². The van der Waals surface area contributed by atoms with Crippen molar-refractivity contribution in [1.82, 2.24) is 14.9 Å². The third-order valence-electron chi connectivity index (χ3n) is 2.36. The molecule has 0 spiro atoms. The minimum Gasteiger partial charge on any atom is -0.359 e. The van der Waals surface area contributed by atoms with E-state index < -0.39 is 0 Å². The molecule has 0 bridgehead atoms. The first-order valence-corrected chi connectivity index (χ1v) is 5.35. The Kier molecular flexibility index (Phi) is 4.22. The molecule has 1 rings (SSSR count). The zero-order valence-corrected chi connectivity index (χ0v) is 10.2. The van der Waals surface area contributed by atoms with Crippen LogP contribution >= 0.6 is 0 Å². The van der Waals surface area contributed by atoms with Crippen molar-refractivity contribution in [2.45, 2.75) is 26.8 Å². The molecule has 0 aliphatic rings. The van der Waals surface area contributed by atoms with E-state index in [9.17, 15) is 4.79 Å². The molecule has 0 fully saturated rings. The van der Waals surface area contributed by atoms with Gasteiger partial charge in [0, 0.05) is 19.8 Å².